The van der Waals surface area contributed by atoms with Crippen molar-refractivity contribution in [3.63, 3.8) is 0 Å². The molecule has 23 heavy (non-hydrogen) atoms. The fourth-order valence-electron chi connectivity index (χ4n) is 2.44. The lowest BCUT2D eigenvalue weighted by atomic mass is 10.1. The lowest BCUT2D eigenvalue weighted by Crippen LogP contribution is -2.37. The molecule has 0 aliphatic carbocycles. The molecule has 1 aromatic rings. The molecule has 1 aliphatic heterocycles. The summed E-state index contributed by atoms with van der Waals surface area (Å²) in [5.74, 6) is 0.436. The first-order valence-electron chi connectivity index (χ1n) is 8.00. The maximum Gasteiger partial charge on any atom is 0.415 e. The number of aryl methyl sites for hydroxylation is 1. The van der Waals surface area contributed by atoms with Gasteiger partial charge in [-0.05, 0) is 59.1 Å². The third-order valence-electron chi connectivity index (χ3n) is 3.54. The number of nitrogens with zero attached hydrogens (tertiary/aromatic N) is 2. The molecule has 6 heteroatoms. The molecule has 1 heterocycles. The van der Waals surface area contributed by atoms with Crippen molar-refractivity contribution in [2.75, 3.05) is 13.1 Å². The van der Waals surface area contributed by atoms with Crippen molar-refractivity contribution in [2.24, 2.45) is 0 Å². The number of benzene rings is 1. The minimum absolute atomic E-state index is 0.332. The van der Waals surface area contributed by atoms with Gasteiger partial charge >= 0.3 is 11.8 Å². The van der Waals surface area contributed by atoms with Crippen LogP contribution in [0.2, 0.25) is 0 Å². The Labute approximate surface area is 136 Å². The zero-order chi connectivity index (χ0) is 17.0. The molecule has 126 valence electrons. The van der Waals surface area contributed by atoms with Gasteiger partial charge in [0, 0.05) is 24.7 Å². The predicted molar refractivity (Wildman–Crippen MR) is 86.8 cm³/mol. The molecule has 1 fully saturated rings. The average Bonchev–Trinajstić information content (AvgIpc) is 2.46. The summed E-state index contributed by atoms with van der Waals surface area (Å²) in [7, 11) is 0. The van der Waals surface area contributed by atoms with Gasteiger partial charge in [-0.1, -0.05) is 0 Å². The largest absolute Gasteiger partial charge is 0.415 e. The number of piperidine rings is 1. The third kappa shape index (κ3) is 4.94. The average molecular weight is 321 g/mol. The molecule has 0 spiro atoms. The van der Waals surface area contributed by atoms with E-state index in [0.717, 1.165) is 32.4 Å². The molecular formula is C17H25N2O4+. The fraction of sp³-hybridized carbons (Fsp3) is 0.588. The number of hydrogen-bond acceptors (Lipinski definition) is 4. The van der Waals surface area contributed by atoms with Gasteiger partial charge in [-0.25, -0.2) is 9.63 Å². The third-order valence-corrected chi connectivity index (χ3v) is 3.54. The summed E-state index contributed by atoms with van der Waals surface area (Å²) in [5.41, 5.74) is 0.513. The number of amides is 1. The summed E-state index contributed by atoms with van der Waals surface area (Å²) >= 11 is 0. The number of carbonyl (C=O) groups is 1. The van der Waals surface area contributed by atoms with Crippen LogP contribution in [0.1, 0.15) is 45.6 Å². The van der Waals surface area contributed by atoms with Gasteiger partial charge in [0.2, 0.25) is 0 Å². The minimum Gasteiger partial charge on any atom is -0.410 e. The number of carbonyl (C=O) groups excluding carboxylic acids is 1. The lowest BCUT2D eigenvalue weighted by Gasteiger charge is -2.25. The second kappa shape index (κ2) is 6.98. The maximum atomic E-state index is 12.1. The van der Waals surface area contributed by atoms with Crippen LogP contribution < -0.4 is 4.74 Å². The zero-order valence-electron chi connectivity index (χ0n) is 14.3. The molecule has 1 aliphatic rings. The standard InChI is InChI=1S/C17H25N2O4/c1-13-12-14(22-16(20)18-10-6-5-7-11-18)8-9-15(13)19(21)23-17(2,3)4/h8-9,12H,5-7,10-11H2,1-4H3/q+1. The Morgan fingerprint density at radius 2 is 1.83 bits per heavy atom. The first-order valence-corrected chi connectivity index (χ1v) is 8.00. The highest BCUT2D eigenvalue weighted by atomic mass is 16.8. The van der Waals surface area contributed by atoms with E-state index in [0.29, 0.717) is 21.9 Å². The Morgan fingerprint density at radius 3 is 2.39 bits per heavy atom. The number of rotatable bonds is 3. The van der Waals surface area contributed by atoms with Crippen LogP contribution in [-0.2, 0) is 4.84 Å². The molecule has 0 bridgehead atoms. The molecule has 6 nitrogen and oxygen atoms in total. The van der Waals surface area contributed by atoms with Gasteiger partial charge in [0.05, 0.1) is 4.91 Å². The van der Waals surface area contributed by atoms with Crippen molar-refractivity contribution in [2.45, 2.75) is 52.6 Å². The van der Waals surface area contributed by atoms with Crippen LogP contribution in [0.3, 0.4) is 0 Å². The highest BCUT2D eigenvalue weighted by molar-refractivity contribution is 5.71. The molecule has 1 aromatic carbocycles. The van der Waals surface area contributed by atoms with E-state index in [1.165, 1.54) is 0 Å². The van der Waals surface area contributed by atoms with E-state index in [-0.39, 0.29) is 6.09 Å². The van der Waals surface area contributed by atoms with Crippen LogP contribution in [0.25, 0.3) is 0 Å². The zero-order valence-corrected chi connectivity index (χ0v) is 14.3. The second-order valence-electron chi connectivity index (χ2n) is 6.82. The van der Waals surface area contributed by atoms with Gasteiger partial charge in [-0.15, -0.1) is 0 Å². The molecule has 0 aromatic heterocycles. The van der Waals surface area contributed by atoms with Crippen molar-refractivity contribution < 1.29 is 19.3 Å². The molecular weight excluding hydrogens is 296 g/mol. The van der Waals surface area contributed by atoms with Crippen LogP contribution in [-0.4, -0.2) is 34.6 Å². The van der Waals surface area contributed by atoms with Crippen LogP contribution in [0, 0.1) is 11.8 Å². The van der Waals surface area contributed by atoms with Gasteiger partial charge in [-0.3, -0.25) is 0 Å². The highest BCUT2D eigenvalue weighted by Crippen LogP contribution is 2.26. The monoisotopic (exact) mass is 321 g/mol. The summed E-state index contributed by atoms with van der Waals surface area (Å²) in [5, 5.41) is 0. The van der Waals surface area contributed by atoms with Gasteiger partial charge in [0.15, 0.2) is 5.60 Å². The summed E-state index contributed by atoms with van der Waals surface area (Å²) in [6.07, 6.45) is 2.86. The van der Waals surface area contributed by atoms with E-state index in [2.05, 4.69) is 0 Å². The number of hydrogen-bond donors (Lipinski definition) is 0. The van der Waals surface area contributed by atoms with E-state index in [1.807, 2.05) is 20.8 Å². The van der Waals surface area contributed by atoms with Crippen molar-refractivity contribution in [3.8, 4) is 5.75 Å². The first kappa shape index (κ1) is 17.2. The number of likely N-dealkylation sites (tertiary alicyclic amines) is 1. The lowest BCUT2D eigenvalue weighted by molar-refractivity contribution is -0.766. The van der Waals surface area contributed by atoms with E-state index in [1.54, 1.807) is 30.0 Å². The Balaban J connectivity index is 2.04. The van der Waals surface area contributed by atoms with Gasteiger partial charge in [0.1, 0.15) is 5.75 Å². The molecule has 1 amide bonds. The van der Waals surface area contributed by atoms with Crippen LogP contribution in [0.4, 0.5) is 10.5 Å². The number of ether oxygens (including phenoxy) is 1. The topological polar surface area (TPSA) is 58.8 Å². The highest BCUT2D eigenvalue weighted by Gasteiger charge is 2.28. The summed E-state index contributed by atoms with van der Waals surface area (Å²) in [4.78, 5) is 31.6. The Hall–Kier alpha value is -2.11. The quantitative estimate of drug-likeness (QED) is 0.786. The van der Waals surface area contributed by atoms with Crippen molar-refractivity contribution in [3.05, 3.63) is 28.7 Å². The maximum absolute atomic E-state index is 12.1. The Morgan fingerprint density at radius 1 is 1.17 bits per heavy atom. The van der Waals surface area contributed by atoms with Gasteiger partial charge in [-0.2, -0.15) is 0 Å². The molecule has 0 N–H and O–H groups in total. The van der Waals surface area contributed by atoms with E-state index >= 15 is 0 Å². The fourth-order valence-corrected chi connectivity index (χ4v) is 2.44. The smallest absolute Gasteiger partial charge is 0.410 e. The molecule has 1 saturated heterocycles. The van der Waals surface area contributed by atoms with Crippen LogP contribution in [0.15, 0.2) is 18.2 Å². The van der Waals surface area contributed by atoms with Crippen molar-refractivity contribution in [1.82, 2.24) is 4.90 Å². The Kier molecular flexibility index (Phi) is 5.23. The Bertz CT molecular complexity index is 587. The van der Waals surface area contributed by atoms with Crippen LogP contribution >= 0.6 is 0 Å². The van der Waals surface area contributed by atoms with Gasteiger partial charge < -0.3 is 9.64 Å². The summed E-state index contributed by atoms with van der Waals surface area (Å²) < 4.78 is 5.40. The van der Waals surface area contributed by atoms with Crippen LogP contribution in [0.5, 0.6) is 5.75 Å². The van der Waals surface area contributed by atoms with E-state index in [4.69, 9.17) is 9.57 Å². The molecule has 0 saturated carbocycles. The minimum atomic E-state index is -0.576. The van der Waals surface area contributed by atoms with Gasteiger partial charge in [0.25, 0.3) is 4.92 Å². The van der Waals surface area contributed by atoms with E-state index in [9.17, 15) is 9.70 Å². The molecule has 2 rings (SSSR count). The second-order valence-corrected chi connectivity index (χ2v) is 6.82. The molecule has 0 unspecified atom stereocenters. The summed E-state index contributed by atoms with van der Waals surface area (Å²) in [6, 6.07) is 4.89. The SMILES string of the molecule is Cc1cc(OC(=O)N2CCCCC2)ccc1[N+](=O)OC(C)(C)C. The first-order chi connectivity index (χ1) is 10.8. The van der Waals surface area contributed by atoms with Crippen molar-refractivity contribution >= 4 is 11.8 Å². The normalized spacial score (nSPS) is 15.2. The van der Waals surface area contributed by atoms with E-state index < -0.39 is 5.60 Å². The molecule has 0 radical (unpaired) electrons. The predicted octanol–water partition coefficient (Wildman–Crippen LogP) is 4.12. The molecule has 0 atom stereocenters. The summed E-state index contributed by atoms with van der Waals surface area (Å²) in [6.45, 7) is 8.68. The van der Waals surface area contributed by atoms with Crippen molar-refractivity contribution in [1.29, 1.82) is 0 Å².